The van der Waals surface area contributed by atoms with Crippen LogP contribution in [0.3, 0.4) is 0 Å². The molecule has 2 amide bonds. The molecule has 3 N–H and O–H groups in total. The maximum atomic E-state index is 12.7. The lowest BCUT2D eigenvalue weighted by Gasteiger charge is -2.20. The maximum absolute atomic E-state index is 12.7. The van der Waals surface area contributed by atoms with Gasteiger partial charge in [0.25, 0.3) is 5.91 Å². The second-order valence-corrected chi connectivity index (χ2v) is 7.25. The zero-order valence-electron chi connectivity index (χ0n) is 15.2. The van der Waals surface area contributed by atoms with E-state index in [1.54, 1.807) is 25.1 Å². The van der Waals surface area contributed by atoms with Crippen LogP contribution in [-0.2, 0) is 14.3 Å². The number of para-hydroxylation sites is 1. The fourth-order valence-corrected chi connectivity index (χ4v) is 3.17. The number of amides is 2. The van der Waals surface area contributed by atoms with Crippen molar-refractivity contribution in [3.8, 4) is 0 Å². The molecule has 1 aromatic carbocycles. The third-order valence-electron chi connectivity index (χ3n) is 4.65. The summed E-state index contributed by atoms with van der Waals surface area (Å²) in [5.41, 5.74) is 1.000. The standard InChI is InChI=1S/C19H22ClN3O4/c1-10(19(26)27-2)21-17(24)14(8-11-6-7-11)23-18(25)15-9-12-4-3-5-13(20)16(12)22-15/h3-5,9-11,14,22H,6-8H2,1-2H3,(H,21,24)(H,23,25)/t10-,14-/m0/s1. The summed E-state index contributed by atoms with van der Waals surface area (Å²) in [4.78, 5) is 39.8. The molecule has 1 saturated carbocycles. The number of benzene rings is 1. The highest BCUT2D eigenvalue weighted by molar-refractivity contribution is 6.35. The number of aromatic nitrogens is 1. The first-order valence-corrected chi connectivity index (χ1v) is 9.23. The van der Waals surface area contributed by atoms with Gasteiger partial charge in [-0.1, -0.05) is 36.6 Å². The first-order chi connectivity index (χ1) is 12.9. The summed E-state index contributed by atoms with van der Waals surface area (Å²) in [6.45, 7) is 1.54. The van der Waals surface area contributed by atoms with Crippen LogP contribution in [0.4, 0.5) is 0 Å². The van der Waals surface area contributed by atoms with Crippen LogP contribution in [0.5, 0.6) is 0 Å². The third kappa shape index (κ3) is 4.60. The molecule has 0 radical (unpaired) electrons. The molecule has 7 nitrogen and oxygen atoms in total. The van der Waals surface area contributed by atoms with Crippen LogP contribution in [0.15, 0.2) is 24.3 Å². The Morgan fingerprint density at radius 2 is 2.04 bits per heavy atom. The first kappa shape index (κ1) is 19.2. The molecule has 3 rings (SSSR count). The summed E-state index contributed by atoms with van der Waals surface area (Å²) in [5, 5.41) is 6.70. The summed E-state index contributed by atoms with van der Waals surface area (Å²) in [7, 11) is 1.26. The number of carbonyl (C=O) groups is 3. The summed E-state index contributed by atoms with van der Waals surface area (Å²) < 4.78 is 4.62. The van der Waals surface area contributed by atoms with Crippen molar-refractivity contribution in [1.82, 2.24) is 15.6 Å². The predicted molar refractivity (Wildman–Crippen MR) is 102 cm³/mol. The van der Waals surface area contributed by atoms with Crippen LogP contribution in [0.2, 0.25) is 5.02 Å². The molecule has 1 heterocycles. The van der Waals surface area contributed by atoms with E-state index in [4.69, 9.17) is 11.6 Å². The SMILES string of the molecule is COC(=O)[C@H](C)NC(=O)[C@H](CC1CC1)NC(=O)c1cc2cccc(Cl)c2[nH]1. The lowest BCUT2D eigenvalue weighted by atomic mass is 10.1. The summed E-state index contributed by atoms with van der Waals surface area (Å²) in [6, 6.07) is 5.57. The Kier molecular flexibility index (Phi) is 5.70. The highest BCUT2D eigenvalue weighted by Gasteiger charge is 2.32. The van der Waals surface area contributed by atoms with E-state index in [9.17, 15) is 14.4 Å². The number of ether oxygens (including phenoxy) is 1. The number of hydrogen-bond acceptors (Lipinski definition) is 4. The molecule has 0 unspecified atom stereocenters. The van der Waals surface area contributed by atoms with Crippen molar-refractivity contribution in [2.45, 2.75) is 38.3 Å². The highest BCUT2D eigenvalue weighted by atomic mass is 35.5. The van der Waals surface area contributed by atoms with Crippen molar-refractivity contribution in [3.05, 3.63) is 35.0 Å². The summed E-state index contributed by atoms with van der Waals surface area (Å²) >= 11 is 6.14. The molecule has 27 heavy (non-hydrogen) atoms. The number of hydrogen-bond donors (Lipinski definition) is 3. The number of aromatic amines is 1. The van der Waals surface area contributed by atoms with Crippen molar-refractivity contribution in [3.63, 3.8) is 0 Å². The number of halogens is 1. The lowest BCUT2D eigenvalue weighted by molar-refractivity contribution is -0.144. The van der Waals surface area contributed by atoms with Gasteiger partial charge >= 0.3 is 5.97 Å². The monoisotopic (exact) mass is 391 g/mol. The molecule has 0 aliphatic heterocycles. The topological polar surface area (TPSA) is 100 Å². The zero-order valence-corrected chi connectivity index (χ0v) is 15.9. The smallest absolute Gasteiger partial charge is 0.328 e. The average Bonchev–Trinajstić information content (AvgIpc) is 3.35. The first-order valence-electron chi connectivity index (χ1n) is 8.85. The quantitative estimate of drug-likeness (QED) is 0.631. The molecular formula is C19H22ClN3O4. The second kappa shape index (κ2) is 8.00. The maximum Gasteiger partial charge on any atom is 0.328 e. The number of esters is 1. The Morgan fingerprint density at radius 1 is 1.30 bits per heavy atom. The Bertz CT molecular complexity index is 875. The summed E-state index contributed by atoms with van der Waals surface area (Å²) in [6.07, 6.45) is 2.61. The zero-order chi connectivity index (χ0) is 19.6. The Morgan fingerprint density at radius 3 is 2.67 bits per heavy atom. The van der Waals surface area contributed by atoms with Gasteiger partial charge in [0, 0.05) is 5.39 Å². The van der Waals surface area contributed by atoms with E-state index < -0.39 is 29.9 Å². The lowest BCUT2D eigenvalue weighted by Crippen LogP contribution is -2.51. The van der Waals surface area contributed by atoms with E-state index in [-0.39, 0.29) is 0 Å². The van der Waals surface area contributed by atoms with E-state index in [0.29, 0.717) is 28.6 Å². The van der Waals surface area contributed by atoms with Crippen LogP contribution in [-0.4, -0.2) is 42.0 Å². The predicted octanol–water partition coefficient (Wildman–Crippen LogP) is 2.40. The number of rotatable bonds is 7. The van der Waals surface area contributed by atoms with Gasteiger partial charge in [0.05, 0.1) is 17.6 Å². The number of carbonyl (C=O) groups excluding carboxylic acids is 3. The van der Waals surface area contributed by atoms with Crippen LogP contribution >= 0.6 is 11.6 Å². The fourth-order valence-electron chi connectivity index (χ4n) is 2.95. The van der Waals surface area contributed by atoms with Crippen molar-refractivity contribution in [2.75, 3.05) is 7.11 Å². The van der Waals surface area contributed by atoms with Gasteiger partial charge in [0.2, 0.25) is 5.91 Å². The molecule has 0 bridgehead atoms. The molecule has 0 saturated heterocycles. The van der Waals surface area contributed by atoms with Crippen molar-refractivity contribution < 1.29 is 19.1 Å². The number of fused-ring (bicyclic) bond motifs is 1. The average molecular weight is 392 g/mol. The Labute approximate surface area is 161 Å². The van der Waals surface area contributed by atoms with Crippen molar-refractivity contribution >= 4 is 40.3 Å². The molecule has 144 valence electrons. The Hall–Kier alpha value is -2.54. The molecule has 1 fully saturated rings. The van der Waals surface area contributed by atoms with E-state index in [2.05, 4.69) is 20.4 Å². The van der Waals surface area contributed by atoms with Crippen molar-refractivity contribution in [1.29, 1.82) is 0 Å². The minimum absolute atomic E-state index is 0.327. The third-order valence-corrected chi connectivity index (χ3v) is 4.97. The number of H-pyrrole nitrogens is 1. The van der Waals surface area contributed by atoms with Gasteiger partial charge in [-0.15, -0.1) is 0 Å². The van der Waals surface area contributed by atoms with Crippen LogP contribution in [0.1, 0.15) is 36.7 Å². The van der Waals surface area contributed by atoms with Gasteiger partial charge < -0.3 is 20.4 Å². The van der Waals surface area contributed by atoms with Crippen molar-refractivity contribution in [2.24, 2.45) is 5.92 Å². The van der Waals surface area contributed by atoms with E-state index in [1.807, 2.05) is 6.07 Å². The van der Waals surface area contributed by atoms with Gasteiger partial charge in [-0.3, -0.25) is 9.59 Å². The van der Waals surface area contributed by atoms with Crippen LogP contribution in [0, 0.1) is 5.92 Å². The summed E-state index contributed by atoms with van der Waals surface area (Å²) in [5.74, 6) is -0.923. The van der Waals surface area contributed by atoms with Gasteiger partial charge in [-0.25, -0.2) is 4.79 Å². The molecule has 8 heteroatoms. The fraction of sp³-hybridized carbons (Fsp3) is 0.421. The molecule has 0 spiro atoms. The molecule has 2 atom stereocenters. The normalized spacial score (nSPS) is 15.8. The minimum Gasteiger partial charge on any atom is -0.467 e. The van der Waals surface area contributed by atoms with Gasteiger partial charge in [0.15, 0.2) is 0 Å². The van der Waals surface area contributed by atoms with Gasteiger partial charge in [0.1, 0.15) is 17.8 Å². The highest BCUT2D eigenvalue weighted by Crippen LogP contribution is 2.33. The number of methoxy groups -OCH3 is 1. The molecule has 1 aliphatic carbocycles. The van der Waals surface area contributed by atoms with Gasteiger partial charge in [-0.2, -0.15) is 0 Å². The second-order valence-electron chi connectivity index (χ2n) is 6.85. The molecule has 2 aromatic rings. The van der Waals surface area contributed by atoms with Crippen LogP contribution < -0.4 is 10.6 Å². The molecule has 1 aromatic heterocycles. The Balaban J connectivity index is 1.72. The number of nitrogens with one attached hydrogen (secondary N) is 3. The largest absolute Gasteiger partial charge is 0.467 e. The molecule has 1 aliphatic rings. The van der Waals surface area contributed by atoms with E-state index >= 15 is 0 Å². The van der Waals surface area contributed by atoms with Crippen LogP contribution in [0.25, 0.3) is 10.9 Å². The minimum atomic E-state index is -0.784. The van der Waals surface area contributed by atoms with E-state index in [0.717, 1.165) is 18.2 Å². The van der Waals surface area contributed by atoms with E-state index in [1.165, 1.54) is 7.11 Å². The molecular weight excluding hydrogens is 370 g/mol. The van der Waals surface area contributed by atoms with Gasteiger partial charge in [-0.05, 0) is 31.4 Å².